The van der Waals surface area contributed by atoms with Gasteiger partial charge in [-0.05, 0) is 40.0 Å². The lowest BCUT2D eigenvalue weighted by Gasteiger charge is -2.37. The molecule has 1 N–H and O–H groups in total. The van der Waals surface area contributed by atoms with E-state index in [2.05, 4.69) is 20.2 Å². The Balaban J connectivity index is 1.69. The number of rotatable bonds is 5. The number of methoxy groups -OCH3 is 1. The summed E-state index contributed by atoms with van der Waals surface area (Å²) in [5.41, 5.74) is 0.887. The van der Waals surface area contributed by atoms with Crippen LogP contribution in [0.1, 0.15) is 36.8 Å². The first-order valence-corrected chi connectivity index (χ1v) is 11.7. The molecule has 0 unspecified atom stereocenters. The third-order valence-corrected chi connectivity index (χ3v) is 6.32. The number of carbonyl (C=O) groups is 1. The smallest absolute Gasteiger partial charge is 0.415 e. The van der Waals surface area contributed by atoms with E-state index in [1.807, 2.05) is 20.0 Å². The molecule has 0 saturated carbocycles. The van der Waals surface area contributed by atoms with E-state index in [0.29, 0.717) is 40.4 Å². The van der Waals surface area contributed by atoms with E-state index in [0.717, 1.165) is 13.1 Å². The first-order valence-electron chi connectivity index (χ1n) is 11.7. The van der Waals surface area contributed by atoms with Crippen LogP contribution in [0.2, 0.25) is 0 Å². The Bertz CT molecular complexity index is 1340. The number of aromatic nitrogens is 2. The number of nitriles is 1. The van der Waals surface area contributed by atoms with Crippen molar-refractivity contribution in [3.8, 4) is 17.6 Å². The van der Waals surface area contributed by atoms with Gasteiger partial charge < -0.3 is 24.6 Å². The van der Waals surface area contributed by atoms with Crippen molar-refractivity contribution in [3.05, 3.63) is 53.1 Å². The van der Waals surface area contributed by atoms with Gasteiger partial charge in [0, 0.05) is 42.7 Å². The van der Waals surface area contributed by atoms with Gasteiger partial charge in [0.15, 0.2) is 11.5 Å². The van der Waals surface area contributed by atoms with Gasteiger partial charge in [-0.2, -0.15) is 5.26 Å². The van der Waals surface area contributed by atoms with Gasteiger partial charge in [0.25, 0.3) is 0 Å². The number of likely N-dealkylation sites (N-methyl/N-ethyl adjacent to an activating group) is 1. The summed E-state index contributed by atoms with van der Waals surface area (Å²) in [7, 11) is 3.52. The zero-order valence-corrected chi connectivity index (χ0v) is 21.0. The predicted octanol–water partition coefficient (Wildman–Crippen LogP) is 4.27. The third kappa shape index (κ3) is 5.02. The molecule has 0 aliphatic carbocycles. The fourth-order valence-corrected chi connectivity index (χ4v) is 4.42. The molecule has 1 aromatic heterocycles. The molecule has 36 heavy (non-hydrogen) atoms. The minimum atomic E-state index is -0.576. The molecule has 1 aliphatic heterocycles. The summed E-state index contributed by atoms with van der Waals surface area (Å²) in [6.07, 6.45) is -0.459. The molecule has 1 fully saturated rings. The normalized spacial score (nSPS) is 16.9. The number of anilines is 1. The van der Waals surface area contributed by atoms with Crippen LogP contribution in [0.25, 0.3) is 10.9 Å². The summed E-state index contributed by atoms with van der Waals surface area (Å²) in [4.78, 5) is 25.9. The third-order valence-electron chi connectivity index (χ3n) is 6.32. The molecular formula is C26H29FN6O3. The van der Waals surface area contributed by atoms with E-state index in [1.165, 1.54) is 13.2 Å². The van der Waals surface area contributed by atoms with Gasteiger partial charge in [0.2, 0.25) is 0 Å². The van der Waals surface area contributed by atoms with Crippen molar-refractivity contribution in [2.75, 3.05) is 39.1 Å². The number of nitrogens with one attached hydrogen (secondary N) is 1. The van der Waals surface area contributed by atoms with Crippen molar-refractivity contribution in [2.45, 2.75) is 32.9 Å². The minimum Gasteiger partial charge on any atom is -0.493 e. The highest BCUT2D eigenvalue weighted by Crippen LogP contribution is 2.36. The molecule has 3 aromatic rings. The van der Waals surface area contributed by atoms with Crippen molar-refractivity contribution in [1.29, 1.82) is 5.26 Å². The number of ether oxygens (including phenoxy) is 2. The maximum Gasteiger partial charge on any atom is 0.415 e. The number of benzene rings is 2. The van der Waals surface area contributed by atoms with Gasteiger partial charge in [-0.3, -0.25) is 0 Å². The molecule has 0 bridgehead atoms. The number of amides is 1. The van der Waals surface area contributed by atoms with Crippen molar-refractivity contribution in [1.82, 2.24) is 19.8 Å². The van der Waals surface area contributed by atoms with Crippen LogP contribution in [0.15, 0.2) is 30.3 Å². The highest BCUT2D eigenvalue weighted by atomic mass is 19.1. The topological polar surface area (TPSA) is 104 Å². The Kier molecular flexibility index (Phi) is 7.22. The van der Waals surface area contributed by atoms with Crippen LogP contribution >= 0.6 is 0 Å². The molecule has 1 amide bonds. The number of piperazine rings is 1. The molecule has 188 valence electrons. The summed E-state index contributed by atoms with van der Waals surface area (Å²) in [6, 6.07) is 9.41. The van der Waals surface area contributed by atoms with Crippen molar-refractivity contribution < 1.29 is 18.7 Å². The number of hydrogen-bond donors (Lipinski definition) is 1. The number of nitrogens with zero attached hydrogens (tertiary/aromatic N) is 5. The average Bonchev–Trinajstić information content (AvgIpc) is 2.83. The van der Waals surface area contributed by atoms with Crippen LogP contribution in [0.3, 0.4) is 0 Å². The quantitative estimate of drug-likeness (QED) is 0.563. The van der Waals surface area contributed by atoms with Gasteiger partial charge in [-0.25, -0.2) is 19.2 Å². The van der Waals surface area contributed by atoms with Crippen LogP contribution in [0.5, 0.6) is 11.5 Å². The molecule has 2 aromatic carbocycles. The highest BCUT2D eigenvalue weighted by Gasteiger charge is 2.28. The second-order valence-electron chi connectivity index (χ2n) is 9.00. The minimum absolute atomic E-state index is 0.00540. The molecule has 2 atom stereocenters. The monoisotopic (exact) mass is 492 g/mol. The number of hydrogen-bond acceptors (Lipinski definition) is 8. The van der Waals surface area contributed by atoms with Crippen LogP contribution in [-0.2, 0) is 0 Å². The van der Waals surface area contributed by atoms with Crippen LogP contribution in [-0.4, -0.2) is 65.7 Å². The first-order chi connectivity index (χ1) is 17.2. The summed E-state index contributed by atoms with van der Waals surface area (Å²) >= 11 is 0. The Morgan fingerprint density at radius 1 is 1.28 bits per heavy atom. The number of fused-ring (bicyclic) bond motifs is 1. The van der Waals surface area contributed by atoms with Gasteiger partial charge in [-0.15, -0.1) is 0 Å². The molecule has 9 nitrogen and oxygen atoms in total. The zero-order chi connectivity index (χ0) is 26.0. The molecule has 2 heterocycles. The maximum atomic E-state index is 14.8. The van der Waals surface area contributed by atoms with Crippen LogP contribution < -0.4 is 14.8 Å². The van der Waals surface area contributed by atoms with Crippen LogP contribution in [0.4, 0.5) is 15.0 Å². The Labute approximate surface area is 209 Å². The summed E-state index contributed by atoms with van der Waals surface area (Å²) in [5.74, 6) is 0.971. The van der Waals surface area contributed by atoms with Gasteiger partial charge in [0.05, 0.1) is 24.2 Å². The fourth-order valence-electron chi connectivity index (χ4n) is 4.42. The Morgan fingerprint density at radius 2 is 2.06 bits per heavy atom. The van der Waals surface area contributed by atoms with Gasteiger partial charge in [0.1, 0.15) is 23.5 Å². The lowest BCUT2D eigenvalue weighted by atomic mass is 10.0. The molecule has 1 saturated heterocycles. The fraction of sp³-hybridized carbons (Fsp3) is 0.385. The Morgan fingerprint density at radius 3 is 2.75 bits per heavy atom. The van der Waals surface area contributed by atoms with Gasteiger partial charge >= 0.3 is 6.09 Å². The van der Waals surface area contributed by atoms with Crippen molar-refractivity contribution in [3.63, 3.8) is 0 Å². The SMILES string of the molecule is COc1cc2nc(C)nc(N[C@H](C)c3cccc(C#N)c3F)c2cc1OC(=O)N1CCN(C)C[C@H]1C. The first kappa shape index (κ1) is 25.1. The molecule has 4 rings (SSSR count). The predicted molar refractivity (Wildman–Crippen MR) is 134 cm³/mol. The second-order valence-corrected chi connectivity index (χ2v) is 9.00. The van der Waals surface area contributed by atoms with Gasteiger partial charge in [-0.1, -0.05) is 12.1 Å². The molecule has 0 radical (unpaired) electrons. The van der Waals surface area contributed by atoms with Crippen molar-refractivity contribution >= 4 is 22.8 Å². The maximum absolute atomic E-state index is 14.8. The zero-order valence-electron chi connectivity index (χ0n) is 21.0. The lowest BCUT2D eigenvalue weighted by Crippen LogP contribution is -2.53. The van der Waals surface area contributed by atoms with Crippen LogP contribution in [0, 0.1) is 24.1 Å². The number of aryl methyl sites for hydroxylation is 1. The summed E-state index contributed by atoms with van der Waals surface area (Å²) in [6.45, 7) is 7.59. The van der Waals surface area contributed by atoms with E-state index in [-0.39, 0.29) is 17.4 Å². The number of carbonyl (C=O) groups excluding carboxylic acids is 1. The molecule has 10 heteroatoms. The van der Waals surface area contributed by atoms with E-state index >= 15 is 0 Å². The lowest BCUT2D eigenvalue weighted by molar-refractivity contribution is 0.0886. The second kappa shape index (κ2) is 10.3. The standard InChI is InChI=1S/C26H29FN6O3/c1-15-14-32(4)9-10-33(15)26(34)36-23-11-20-21(12-22(23)35-5)30-17(3)31-25(20)29-16(2)19-8-6-7-18(13-28)24(19)27/h6-8,11-12,15-16H,9-10,14H2,1-5H3,(H,29,30,31)/t15-,16-/m1/s1. The average molecular weight is 493 g/mol. The number of halogens is 1. The van der Waals surface area contributed by atoms with E-state index in [9.17, 15) is 14.4 Å². The van der Waals surface area contributed by atoms with E-state index < -0.39 is 18.0 Å². The molecular weight excluding hydrogens is 463 g/mol. The largest absolute Gasteiger partial charge is 0.493 e. The van der Waals surface area contributed by atoms with Crippen molar-refractivity contribution in [2.24, 2.45) is 0 Å². The van der Waals surface area contributed by atoms with E-state index in [4.69, 9.17) is 9.47 Å². The Hall–Kier alpha value is -3.97. The highest BCUT2D eigenvalue weighted by molar-refractivity contribution is 5.92. The molecule has 0 spiro atoms. The summed E-state index contributed by atoms with van der Waals surface area (Å²) in [5, 5.41) is 13.0. The summed E-state index contributed by atoms with van der Waals surface area (Å²) < 4.78 is 26.1. The van der Waals surface area contributed by atoms with E-state index in [1.54, 1.807) is 43.0 Å². The molecule has 1 aliphatic rings.